The Balaban J connectivity index is 2.42. The molecule has 0 spiro atoms. The maximum Gasteiger partial charge on any atom is 0.312 e. The Morgan fingerprint density at radius 2 is 1.62 bits per heavy atom. The summed E-state index contributed by atoms with van der Waals surface area (Å²) in [5.74, 6) is 0.163. The van der Waals surface area contributed by atoms with Crippen molar-refractivity contribution >= 4 is 24.4 Å². The normalized spacial score (nSPS) is 17.1. The van der Waals surface area contributed by atoms with Crippen LogP contribution >= 0.6 is 12.6 Å². The fourth-order valence-electron chi connectivity index (χ4n) is 1.83. The predicted octanol–water partition coefficient (Wildman–Crippen LogP) is 0.777. The second-order valence-corrected chi connectivity index (χ2v) is 4.46. The zero-order valence-electron chi connectivity index (χ0n) is 9.81. The monoisotopic (exact) mass is 244 g/mol. The Labute approximate surface area is 102 Å². The fraction of sp³-hybridized carbons (Fsp3) is 0.818. The summed E-state index contributed by atoms with van der Waals surface area (Å²) in [5, 5.41) is 0. The van der Waals surface area contributed by atoms with E-state index in [1.54, 1.807) is 9.80 Å². The zero-order chi connectivity index (χ0) is 12.0. The average molecular weight is 244 g/mol. The van der Waals surface area contributed by atoms with Gasteiger partial charge in [0.15, 0.2) is 0 Å². The molecule has 92 valence electrons. The quantitative estimate of drug-likeness (QED) is 0.426. The highest BCUT2D eigenvalue weighted by molar-refractivity contribution is 7.80. The Morgan fingerprint density at radius 3 is 2.12 bits per heavy atom. The minimum Gasteiger partial charge on any atom is -0.333 e. The van der Waals surface area contributed by atoms with Crippen LogP contribution in [0.3, 0.4) is 0 Å². The predicted molar refractivity (Wildman–Crippen MR) is 66.5 cm³/mol. The van der Waals surface area contributed by atoms with Gasteiger partial charge >= 0.3 is 11.8 Å². The topological polar surface area (TPSA) is 40.6 Å². The molecule has 0 radical (unpaired) electrons. The molecule has 1 aliphatic heterocycles. The van der Waals surface area contributed by atoms with Crippen LogP contribution in [0.4, 0.5) is 0 Å². The second kappa shape index (κ2) is 6.78. The third-order valence-electron chi connectivity index (χ3n) is 2.73. The molecular formula is C11H20N2O2S. The van der Waals surface area contributed by atoms with Gasteiger partial charge < -0.3 is 9.80 Å². The smallest absolute Gasteiger partial charge is 0.312 e. The van der Waals surface area contributed by atoms with E-state index in [4.69, 9.17) is 0 Å². The van der Waals surface area contributed by atoms with E-state index in [0.29, 0.717) is 26.2 Å². The zero-order valence-corrected chi connectivity index (χ0v) is 10.7. The van der Waals surface area contributed by atoms with Gasteiger partial charge in [-0.3, -0.25) is 9.59 Å². The van der Waals surface area contributed by atoms with Crippen LogP contribution < -0.4 is 0 Å². The van der Waals surface area contributed by atoms with Crippen LogP contribution in [0.15, 0.2) is 0 Å². The highest BCUT2D eigenvalue weighted by Crippen LogP contribution is 2.07. The van der Waals surface area contributed by atoms with E-state index in [-0.39, 0.29) is 11.8 Å². The summed E-state index contributed by atoms with van der Waals surface area (Å²) >= 11 is 4.12. The summed E-state index contributed by atoms with van der Waals surface area (Å²) in [6.45, 7) is 4.74. The number of hydrogen-bond acceptors (Lipinski definition) is 3. The first-order valence-electron chi connectivity index (χ1n) is 5.89. The Bertz CT molecular complexity index is 258. The number of hydrogen-bond donors (Lipinski definition) is 1. The van der Waals surface area contributed by atoms with Crippen molar-refractivity contribution < 1.29 is 9.59 Å². The van der Waals surface area contributed by atoms with E-state index in [0.717, 1.165) is 25.0 Å². The molecule has 5 heteroatoms. The molecule has 16 heavy (non-hydrogen) atoms. The molecule has 0 aliphatic carbocycles. The van der Waals surface area contributed by atoms with E-state index in [9.17, 15) is 9.59 Å². The van der Waals surface area contributed by atoms with Crippen molar-refractivity contribution in [3.8, 4) is 0 Å². The molecule has 1 fully saturated rings. The largest absolute Gasteiger partial charge is 0.333 e. The van der Waals surface area contributed by atoms with Gasteiger partial charge in [0.2, 0.25) is 0 Å². The van der Waals surface area contributed by atoms with Gasteiger partial charge in [0.25, 0.3) is 0 Å². The van der Waals surface area contributed by atoms with E-state index in [1.807, 2.05) is 6.92 Å². The summed E-state index contributed by atoms with van der Waals surface area (Å²) in [5.41, 5.74) is 0. The fourth-order valence-corrected chi connectivity index (χ4v) is 2.05. The first-order chi connectivity index (χ1) is 7.70. The third-order valence-corrected chi connectivity index (χ3v) is 3.04. The molecule has 0 unspecified atom stereocenters. The number of piperazine rings is 1. The Kier molecular flexibility index (Phi) is 5.66. The van der Waals surface area contributed by atoms with Crippen LogP contribution in [-0.2, 0) is 9.59 Å². The number of unbranched alkanes of at least 4 members (excludes halogenated alkanes) is 1. The van der Waals surface area contributed by atoms with Crippen LogP contribution in [0.5, 0.6) is 0 Å². The average Bonchev–Trinajstić information content (AvgIpc) is 2.28. The summed E-state index contributed by atoms with van der Waals surface area (Å²) < 4.78 is 0. The summed E-state index contributed by atoms with van der Waals surface area (Å²) in [4.78, 5) is 26.7. The van der Waals surface area contributed by atoms with Crippen molar-refractivity contribution in [3.63, 3.8) is 0 Å². The number of thiol groups is 1. The number of amides is 2. The Morgan fingerprint density at radius 1 is 1.06 bits per heavy atom. The van der Waals surface area contributed by atoms with Gasteiger partial charge in [-0.1, -0.05) is 6.92 Å². The first kappa shape index (κ1) is 13.4. The van der Waals surface area contributed by atoms with Crippen molar-refractivity contribution in [2.45, 2.75) is 26.2 Å². The lowest BCUT2D eigenvalue weighted by atomic mass is 10.2. The lowest BCUT2D eigenvalue weighted by molar-refractivity contribution is -0.156. The molecule has 0 bridgehead atoms. The highest BCUT2D eigenvalue weighted by Gasteiger charge is 2.31. The van der Waals surface area contributed by atoms with E-state index >= 15 is 0 Å². The second-order valence-electron chi connectivity index (χ2n) is 4.02. The van der Waals surface area contributed by atoms with Crippen molar-refractivity contribution in [1.29, 1.82) is 0 Å². The van der Waals surface area contributed by atoms with Crippen molar-refractivity contribution in [2.75, 3.05) is 31.9 Å². The molecular weight excluding hydrogens is 224 g/mol. The van der Waals surface area contributed by atoms with E-state index < -0.39 is 0 Å². The van der Waals surface area contributed by atoms with Gasteiger partial charge in [0, 0.05) is 26.2 Å². The minimum absolute atomic E-state index is 0.334. The molecule has 2 amide bonds. The van der Waals surface area contributed by atoms with Crippen LogP contribution in [0.25, 0.3) is 0 Å². The van der Waals surface area contributed by atoms with Gasteiger partial charge in [-0.25, -0.2) is 0 Å². The van der Waals surface area contributed by atoms with Gasteiger partial charge in [-0.15, -0.1) is 0 Å². The Hall–Kier alpha value is -0.710. The molecule has 0 atom stereocenters. The molecule has 0 aromatic heterocycles. The van der Waals surface area contributed by atoms with Crippen LogP contribution in [-0.4, -0.2) is 53.5 Å². The van der Waals surface area contributed by atoms with Crippen molar-refractivity contribution in [1.82, 2.24) is 9.80 Å². The highest BCUT2D eigenvalue weighted by atomic mass is 32.1. The standard InChI is InChI=1S/C11H20N2O2S/c1-2-5-12-7-8-13(6-3-4-9-16)11(15)10(12)14/h16H,2-9H2,1H3. The molecule has 0 aromatic rings. The molecule has 0 aromatic carbocycles. The molecule has 1 aliphatic rings. The van der Waals surface area contributed by atoms with Gasteiger partial charge in [-0.05, 0) is 25.0 Å². The van der Waals surface area contributed by atoms with Gasteiger partial charge in [-0.2, -0.15) is 12.6 Å². The van der Waals surface area contributed by atoms with E-state index in [2.05, 4.69) is 12.6 Å². The lowest BCUT2D eigenvalue weighted by Crippen LogP contribution is -2.54. The van der Waals surface area contributed by atoms with E-state index in [1.165, 1.54) is 0 Å². The molecule has 0 saturated carbocycles. The summed E-state index contributed by atoms with van der Waals surface area (Å²) in [6, 6.07) is 0. The number of carbonyl (C=O) groups excluding carboxylic acids is 2. The maximum atomic E-state index is 11.7. The first-order valence-corrected chi connectivity index (χ1v) is 6.53. The molecule has 1 saturated heterocycles. The summed E-state index contributed by atoms with van der Waals surface area (Å²) in [6.07, 6.45) is 2.81. The van der Waals surface area contributed by atoms with Crippen molar-refractivity contribution in [2.24, 2.45) is 0 Å². The number of carbonyl (C=O) groups is 2. The van der Waals surface area contributed by atoms with Crippen LogP contribution in [0, 0.1) is 0 Å². The summed E-state index contributed by atoms with van der Waals surface area (Å²) in [7, 11) is 0. The number of rotatable bonds is 6. The van der Waals surface area contributed by atoms with Gasteiger partial charge in [0.1, 0.15) is 0 Å². The van der Waals surface area contributed by atoms with Crippen LogP contribution in [0.1, 0.15) is 26.2 Å². The molecule has 1 rings (SSSR count). The number of nitrogens with zero attached hydrogens (tertiary/aromatic N) is 2. The van der Waals surface area contributed by atoms with Gasteiger partial charge in [0.05, 0.1) is 0 Å². The molecule has 1 heterocycles. The van der Waals surface area contributed by atoms with Crippen LogP contribution in [0.2, 0.25) is 0 Å². The molecule has 4 nitrogen and oxygen atoms in total. The molecule has 0 N–H and O–H groups in total. The maximum absolute atomic E-state index is 11.7. The SMILES string of the molecule is CCCN1CCN(CCCCS)C(=O)C1=O. The van der Waals surface area contributed by atoms with Crippen molar-refractivity contribution in [3.05, 3.63) is 0 Å². The lowest BCUT2D eigenvalue weighted by Gasteiger charge is -2.33. The third kappa shape index (κ3) is 3.40. The minimum atomic E-state index is -0.334.